The topological polar surface area (TPSA) is 51.0 Å². The highest BCUT2D eigenvalue weighted by molar-refractivity contribution is 5.81. The van der Waals surface area contributed by atoms with Crippen molar-refractivity contribution in [3.8, 4) is 0 Å². The SMILES string of the molecule is C=C1CCC2CC3C1CCC31N=NCC21C(=O)OC. The van der Waals surface area contributed by atoms with Gasteiger partial charge in [-0.25, -0.2) is 0 Å². The summed E-state index contributed by atoms with van der Waals surface area (Å²) in [6.07, 6.45) is 5.32. The molecule has 0 saturated heterocycles. The molecule has 4 heteroatoms. The van der Waals surface area contributed by atoms with Crippen molar-refractivity contribution in [1.82, 2.24) is 0 Å². The lowest BCUT2D eigenvalue weighted by atomic mass is 9.64. The van der Waals surface area contributed by atoms with Gasteiger partial charge in [0.1, 0.15) is 11.0 Å². The van der Waals surface area contributed by atoms with Crippen molar-refractivity contribution in [2.24, 2.45) is 33.4 Å². The molecule has 5 atom stereocenters. The van der Waals surface area contributed by atoms with E-state index in [2.05, 4.69) is 16.8 Å². The summed E-state index contributed by atoms with van der Waals surface area (Å²) < 4.78 is 5.18. The molecular weight excluding hydrogens is 240 g/mol. The first-order valence-electron chi connectivity index (χ1n) is 7.30. The van der Waals surface area contributed by atoms with E-state index in [1.54, 1.807) is 0 Å². The monoisotopic (exact) mass is 260 g/mol. The fourth-order valence-electron chi connectivity index (χ4n) is 5.61. The van der Waals surface area contributed by atoms with Crippen LogP contribution in [0.3, 0.4) is 0 Å². The van der Waals surface area contributed by atoms with Gasteiger partial charge in [0.05, 0.1) is 13.7 Å². The van der Waals surface area contributed by atoms with Gasteiger partial charge in [0.15, 0.2) is 0 Å². The fraction of sp³-hybridized carbons (Fsp3) is 0.800. The summed E-state index contributed by atoms with van der Waals surface area (Å²) in [5.74, 6) is 1.33. The van der Waals surface area contributed by atoms with Crippen LogP contribution < -0.4 is 0 Å². The normalized spacial score (nSPS) is 50.2. The third kappa shape index (κ3) is 1.07. The quantitative estimate of drug-likeness (QED) is 0.537. The molecule has 0 N–H and O–H groups in total. The van der Waals surface area contributed by atoms with Gasteiger partial charge in [0.2, 0.25) is 0 Å². The first kappa shape index (κ1) is 11.6. The number of azo groups is 1. The maximum atomic E-state index is 12.6. The number of hydrogen-bond acceptors (Lipinski definition) is 4. The third-order valence-electron chi connectivity index (χ3n) is 6.40. The summed E-state index contributed by atoms with van der Waals surface area (Å²) in [5, 5.41) is 8.95. The van der Waals surface area contributed by atoms with Crippen molar-refractivity contribution in [1.29, 1.82) is 0 Å². The van der Waals surface area contributed by atoms with E-state index in [1.165, 1.54) is 12.7 Å². The predicted octanol–water partition coefficient (Wildman–Crippen LogP) is 2.75. The van der Waals surface area contributed by atoms with Gasteiger partial charge in [-0.1, -0.05) is 12.2 Å². The highest BCUT2D eigenvalue weighted by Gasteiger charge is 2.75. The molecule has 2 bridgehead atoms. The summed E-state index contributed by atoms with van der Waals surface area (Å²) in [4.78, 5) is 12.6. The van der Waals surface area contributed by atoms with Crippen molar-refractivity contribution in [2.45, 2.75) is 37.6 Å². The zero-order valence-corrected chi connectivity index (χ0v) is 11.4. The summed E-state index contributed by atoms with van der Waals surface area (Å²) in [7, 11) is 1.50. The average molecular weight is 260 g/mol. The molecule has 1 aliphatic heterocycles. The average Bonchev–Trinajstić information content (AvgIpc) is 2.98. The molecule has 4 nitrogen and oxygen atoms in total. The molecule has 0 aromatic rings. The number of ether oxygens (including phenoxy) is 1. The van der Waals surface area contributed by atoms with Gasteiger partial charge < -0.3 is 4.74 Å². The van der Waals surface area contributed by atoms with Gasteiger partial charge in [0, 0.05) is 0 Å². The first-order chi connectivity index (χ1) is 9.15. The number of carbonyl (C=O) groups excluding carboxylic acids is 1. The zero-order chi connectivity index (χ0) is 13.3. The van der Waals surface area contributed by atoms with Crippen LogP contribution in [0.1, 0.15) is 32.1 Å². The van der Waals surface area contributed by atoms with E-state index in [4.69, 9.17) is 4.74 Å². The summed E-state index contributed by atoms with van der Waals surface area (Å²) in [6, 6.07) is 0. The largest absolute Gasteiger partial charge is 0.468 e. The second-order valence-corrected chi connectivity index (χ2v) is 6.67. The first-order valence-corrected chi connectivity index (χ1v) is 7.30. The van der Waals surface area contributed by atoms with Crippen LogP contribution in [-0.2, 0) is 9.53 Å². The number of methoxy groups -OCH3 is 1. The number of allylic oxidation sites excluding steroid dienone is 1. The smallest absolute Gasteiger partial charge is 0.316 e. The van der Waals surface area contributed by atoms with Crippen LogP contribution in [0.5, 0.6) is 0 Å². The van der Waals surface area contributed by atoms with Crippen LogP contribution in [0.4, 0.5) is 0 Å². The maximum absolute atomic E-state index is 12.6. The fourth-order valence-corrected chi connectivity index (χ4v) is 5.61. The third-order valence-corrected chi connectivity index (χ3v) is 6.40. The van der Waals surface area contributed by atoms with Crippen LogP contribution in [0.15, 0.2) is 22.4 Å². The molecule has 4 rings (SSSR count). The molecule has 0 aromatic carbocycles. The molecular formula is C15H20N2O2. The molecule has 0 amide bonds. The molecule has 0 aromatic heterocycles. The second-order valence-electron chi connectivity index (χ2n) is 6.67. The Kier molecular flexibility index (Phi) is 2.12. The van der Waals surface area contributed by atoms with Crippen molar-refractivity contribution in [3.05, 3.63) is 12.2 Å². The molecule has 3 saturated carbocycles. The van der Waals surface area contributed by atoms with Gasteiger partial charge in [-0.05, 0) is 49.9 Å². The zero-order valence-electron chi connectivity index (χ0n) is 11.4. The van der Waals surface area contributed by atoms with Crippen molar-refractivity contribution in [2.75, 3.05) is 13.7 Å². The molecule has 1 spiro atoms. The number of carbonyl (C=O) groups is 1. The van der Waals surface area contributed by atoms with Crippen molar-refractivity contribution >= 4 is 5.97 Å². The molecule has 3 fully saturated rings. The van der Waals surface area contributed by atoms with Gasteiger partial charge >= 0.3 is 5.97 Å². The standard InChI is InChI=1S/C15H20N2O2/c1-9-3-4-10-7-12-11(9)5-6-15(12)14(10,8-16-17-15)13(18)19-2/h10-12H,1,3-8H2,2H3. The van der Waals surface area contributed by atoms with E-state index in [9.17, 15) is 4.79 Å². The van der Waals surface area contributed by atoms with Gasteiger partial charge in [-0.2, -0.15) is 10.2 Å². The molecule has 1 heterocycles. The number of fused-ring (bicyclic) bond motifs is 2. The van der Waals surface area contributed by atoms with E-state index in [1.807, 2.05) is 0 Å². The highest BCUT2D eigenvalue weighted by Crippen LogP contribution is 2.70. The van der Waals surface area contributed by atoms with Gasteiger partial charge in [-0.15, -0.1) is 0 Å². The Hall–Kier alpha value is -1.19. The Morgan fingerprint density at radius 2 is 2.32 bits per heavy atom. The Labute approximate surface area is 113 Å². The van der Waals surface area contributed by atoms with Crippen LogP contribution in [0, 0.1) is 23.2 Å². The lowest BCUT2D eigenvalue weighted by molar-refractivity contribution is -0.157. The summed E-state index contributed by atoms with van der Waals surface area (Å²) >= 11 is 0. The Bertz CT molecular complexity index is 500. The molecule has 0 radical (unpaired) electrons. The van der Waals surface area contributed by atoms with Crippen LogP contribution >= 0.6 is 0 Å². The maximum Gasteiger partial charge on any atom is 0.316 e. The predicted molar refractivity (Wildman–Crippen MR) is 69.6 cm³/mol. The molecule has 19 heavy (non-hydrogen) atoms. The van der Waals surface area contributed by atoms with Crippen molar-refractivity contribution < 1.29 is 9.53 Å². The summed E-state index contributed by atoms with van der Waals surface area (Å²) in [5.41, 5.74) is 0.658. The molecule has 102 valence electrons. The van der Waals surface area contributed by atoms with Crippen LogP contribution in [0.2, 0.25) is 0 Å². The van der Waals surface area contributed by atoms with Crippen molar-refractivity contribution in [3.63, 3.8) is 0 Å². The minimum Gasteiger partial charge on any atom is -0.468 e. The van der Waals surface area contributed by atoms with Gasteiger partial charge in [0.25, 0.3) is 0 Å². The molecule has 5 unspecified atom stereocenters. The minimum absolute atomic E-state index is 0.0711. The number of hydrogen-bond donors (Lipinski definition) is 0. The van der Waals surface area contributed by atoms with E-state index >= 15 is 0 Å². The number of rotatable bonds is 1. The lowest BCUT2D eigenvalue weighted by Crippen LogP contribution is -2.52. The van der Waals surface area contributed by atoms with E-state index < -0.39 is 5.41 Å². The molecule has 3 aliphatic carbocycles. The van der Waals surface area contributed by atoms with E-state index in [0.29, 0.717) is 24.3 Å². The van der Waals surface area contributed by atoms with Crippen LogP contribution in [0.25, 0.3) is 0 Å². The second kappa shape index (κ2) is 3.47. The summed E-state index contributed by atoms with van der Waals surface area (Å²) in [6.45, 7) is 4.82. The van der Waals surface area contributed by atoms with E-state index in [0.717, 1.165) is 32.1 Å². The Balaban J connectivity index is 1.89. The number of esters is 1. The van der Waals surface area contributed by atoms with Gasteiger partial charge in [-0.3, -0.25) is 4.79 Å². The molecule has 4 aliphatic rings. The highest BCUT2D eigenvalue weighted by atomic mass is 16.5. The number of nitrogens with zero attached hydrogens (tertiary/aromatic N) is 2. The Morgan fingerprint density at radius 1 is 1.47 bits per heavy atom. The Morgan fingerprint density at radius 3 is 3.11 bits per heavy atom. The van der Waals surface area contributed by atoms with Crippen LogP contribution in [-0.4, -0.2) is 25.2 Å². The minimum atomic E-state index is -0.456. The lowest BCUT2D eigenvalue weighted by Gasteiger charge is -2.39. The van der Waals surface area contributed by atoms with E-state index in [-0.39, 0.29) is 11.5 Å².